The van der Waals surface area contributed by atoms with Crippen molar-refractivity contribution in [2.24, 2.45) is 0 Å². The summed E-state index contributed by atoms with van der Waals surface area (Å²) in [6.45, 7) is 0. The smallest absolute Gasteiger partial charge is 0.258 e. The zero-order valence-electron chi connectivity index (χ0n) is 12.8. The molecular weight excluding hydrogens is 322 g/mol. The number of nitrogens with zero attached hydrogens (tertiary/aromatic N) is 3. The van der Waals surface area contributed by atoms with Gasteiger partial charge in [-0.2, -0.15) is 4.98 Å². The average molecular weight is 337 g/mol. The van der Waals surface area contributed by atoms with Crippen molar-refractivity contribution in [1.82, 2.24) is 20.2 Å². The summed E-state index contributed by atoms with van der Waals surface area (Å²) in [6, 6.07) is 11.3. The van der Waals surface area contributed by atoms with Crippen molar-refractivity contribution in [3.05, 3.63) is 54.4 Å². The molecule has 1 saturated carbocycles. The van der Waals surface area contributed by atoms with Gasteiger partial charge in [0.25, 0.3) is 5.91 Å². The van der Waals surface area contributed by atoms with Gasteiger partial charge in [-0.25, -0.2) is 0 Å². The molecule has 2 N–H and O–H groups in total. The fourth-order valence-electron chi connectivity index (χ4n) is 2.19. The SMILES string of the molecule is O=C(Nc1n[nH]c(-c2ccncc2)n1)c1ccc(SC2CC2)cc1. The van der Waals surface area contributed by atoms with E-state index in [0.29, 0.717) is 11.4 Å². The third-order valence-corrected chi connectivity index (χ3v) is 4.96. The van der Waals surface area contributed by atoms with E-state index in [1.165, 1.54) is 17.7 Å². The minimum Gasteiger partial charge on any atom is -0.289 e. The van der Waals surface area contributed by atoms with Crippen molar-refractivity contribution < 1.29 is 4.79 Å². The lowest BCUT2D eigenvalue weighted by atomic mass is 10.2. The number of thioether (sulfide) groups is 1. The van der Waals surface area contributed by atoms with E-state index in [9.17, 15) is 4.79 Å². The van der Waals surface area contributed by atoms with E-state index in [1.807, 2.05) is 48.2 Å². The highest BCUT2D eigenvalue weighted by Crippen LogP contribution is 2.39. The summed E-state index contributed by atoms with van der Waals surface area (Å²) in [5, 5.41) is 10.3. The van der Waals surface area contributed by atoms with Gasteiger partial charge in [-0.15, -0.1) is 16.9 Å². The van der Waals surface area contributed by atoms with Crippen LogP contribution in [0.2, 0.25) is 0 Å². The van der Waals surface area contributed by atoms with E-state index in [4.69, 9.17) is 0 Å². The number of hydrogen-bond acceptors (Lipinski definition) is 5. The molecule has 4 rings (SSSR count). The van der Waals surface area contributed by atoms with Gasteiger partial charge in [0.1, 0.15) is 0 Å². The topological polar surface area (TPSA) is 83.6 Å². The Bertz CT molecular complexity index is 843. The highest BCUT2D eigenvalue weighted by Gasteiger charge is 2.22. The quantitative estimate of drug-likeness (QED) is 0.746. The molecule has 1 fully saturated rings. The number of rotatable bonds is 5. The molecule has 120 valence electrons. The van der Waals surface area contributed by atoms with Crippen molar-refractivity contribution in [1.29, 1.82) is 0 Å². The molecule has 2 heterocycles. The van der Waals surface area contributed by atoms with Gasteiger partial charge in [0.15, 0.2) is 5.82 Å². The molecule has 7 heteroatoms. The molecule has 24 heavy (non-hydrogen) atoms. The van der Waals surface area contributed by atoms with Crippen molar-refractivity contribution in [2.75, 3.05) is 5.32 Å². The van der Waals surface area contributed by atoms with Crippen molar-refractivity contribution in [3.63, 3.8) is 0 Å². The summed E-state index contributed by atoms with van der Waals surface area (Å²) in [5.74, 6) is 0.616. The number of carbonyl (C=O) groups excluding carboxylic acids is 1. The zero-order valence-corrected chi connectivity index (χ0v) is 13.6. The van der Waals surface area contributed by atoms with Gasteiger partial charge in [0.2, 0.25) is 5.95 Å². The maximum atomic E-state index is 12.3. The van der Waals surface area contributed by atoms with Gasteiger partial charge in [0, 0.05) is 33.7 Å². The summed E-state index contributed by atoms with van der Waals surface area (Å²) < 4.78 is 0. The number of nitrogens with one attached hydrogen (secondary N) is 2. The molecule has 0 saturated heterocycles. The van der Waals surface area contributed by atoms with Crippen molar-refractivity contribution in [3.8, 4) is 11.4 Å². The minimum atomic E-state index is -0.224. The van der Waals surface area contributed by atoms with Crippen molar-refractivity contribution >= 4 is 23.6 Å². The molecule has 0 spiro atoms. The van der Waals surface area contributed by atoms with Crippen LogP contribution in [0.25, 0.3) is 11.4 Å². The molecule has 1 aliphatic carbocycles. The Kier molecular flexibility index (Phi) is 4.00. The number of anilines is 1. The molecule has 0 aliphatic heterocycles. The Morgan fingerprint density at radius 2 is 1.88 bits per heavy atom. The van der Waals surface area contributed by atoms with Gasteiger partial charge in [-0.3, -0.25) is 20.2 Å². The molecule has 1 aromatic carbocycles. The number of carbonyl (C=O) groups is 1. The molecule has 1 aliphatic rings. The Morgan fingerprint density at radius 3 is 2.58 bits per heavy atom. The Labute approximate surface area is 143 Å². The summed E-state index contributed by atoms with van der Waals surface area (Å²) in [7, 11) is 0. The summed E-state index contributed by atoms with van der Waals surface area (Å²) in [5.41, 5.74) is 1.45. The van der Waals surface area contributed by atoms with E-state index >= 15 is 0 Å². The van der Waals surface area contributed by atoms with Crippen LogP contribution in [0.1, 0.15) is 23.2 Å². The number of amides is 1. The first-order chi connectivity index (χ1) is 11.8. The largest absolute Gasteiger partial charge is 0.289 e. The Morgan fingerprint density at radius 1 is 1.12 bits per heavy atom. The third-order valence-electron chi connectivity index (χ3n) is 3.61. The van der Waals surface area contributed by atoms with E-state index in [0.717, 1.165) is 10.8 Å². The van der Waals surface area contributed by atoms with Crippen LogP contribution in [-0.4, -0.2) is 31.3 Å². The lowest BCUT2D eigenvalue weighted by molar-refractivity contribution is 0.102. The van der Waals surface area contributed by atoms with Gasteiger partial charge in [-0.05, 0) is 49.2 Å². The van der Waals surface area contributed by atoms with E-state index < -0.39 is 0 Å². The van der Waals surface area contributed by atoms with Gasteiger partial charge in [0.05, 0.1) is 0 Å². The first kappa shape index (κ1) is 14.9. The highest BCUT2D eigenvalue weighted by atomic mass is 32.2. The van der Waals surface area contributed by atoms with Crippen LogP contribution in [0.4, 0.5) is 5.95 Å². The maximum Gasteiger partial charge on any atom is 0.258 e. The standard InChI is InChI=1S/C17H15N5OS/c23-16(12-1-3-13(4-2-12)24-14-5-6-14)20-17-19-15(21-22-17)11-7-9-18-10-8-11/h1-4,7-10,14H,5-6H2,(H2,19,20,21,22,23). The van der Waals surface area contributed by atoms with E-state index in [-0.39, 0.29) is 11.9 Å². The fraction of sp³-hybridized carbons (Fsp3) is 0.176. The first-order valence-corrected chi connectivity index (χ1v) is 8.57. The number of pyridine rings is 1. The molecular formula is C17H15N5OS. The number of aromatic amines is 1. The second kappa shape index (κ2) is 6.45. The number of benzene rings is 1. The van der Waals surface area contributed by atoms with Gasteiger partial charge >= 0.3 is 0 Å². The first-order valence-electron chi connectivity index (χ1n) is 7.69. The number of aromatic nitrogens is 4. The fourth-order valence-corrected chi connectivity index (χ4v) is 3.24. The molecule has 6 nitrogen and oxygen atoms in total. The molecule has 3 aromatic rings. The van der Waals surface area contributed by atoms with E-state index in [2.05, 4.69) is 25.5 Å². The number of hydrogen-bond donors (Lipinski definition) is 2. The van der Waals surface area contributed by atoms with Crippen LogP contribution < -0.4 is 5.32 Å². The predicted molar refractivity (Wildman–Crippen MR) is 92.9 cm³/mol. The van der Waals surface area contributed by atoms with Crippen molar-refractivity contribution in [2.45, 2.75) is 23.0 Å². The molecule has 0 unspecified atom stereocenters. The van der Waals surface area contributed by atoms with Crippen LogP contribution >= 0.6 is 11.8 Å². The van der Waals surface area contributed by atoms with Crippen LogP contribution in [0.15, 0.2) is 53.7 Å². The summed E-state index contributed by atoms with van der Waals surface area (Å²) in [6.07, 6.45) is 5.93. The highest BCUT2D eigenvalue weighted by molar-refractivity contribution is 8.00. The van der Waals surface area contributed by atoms with Crippen LogP contribution in [0.5, 0.6) is 0 Å². The van der Waals surface area contributed by atoms with Gasteiger partial charge < -0.3 is 0 Å². The predicted octanol–water partition coefficient (Wildman–Crippen LogP) is 3.37. The monoisotopic (exact) mass is 337 g/mol. The lowest BCUT2D eigenvalue weighted by Crippen LogP contribution is -2.12. The summed E-state index contributed by atoms with van der Waals surface area (Å²) in [4.78, 5) is 21.7. The molecule has 0 atom stereocenters. The summed E-state index contributed by atoms with van der Waals surface area (Å²) >= 11 is 1.87. The zero-order chi connectivity index (χ0) is 16.4. The average Bonchev–Trinajstić information content (AvgIpc) is 3.31. The normalized spacial score (nSPS) is 13.7. The molecule has 0 radical (unpaired) electrons. The third kappa shape index (κ3) is 3.46. The lowest BCUT2D eigenvalue weighted by Gasteiger charge is -2.03. The maximum absolute atomic E-state index is 12.3. The van der Waals surface area contributed by atoms with Crippen LogP contribution in [-0.2, 0) is 0 Å². The van der Waals surface area contributed by atoms with Gasteiger partial charge in [-0.1, -0.05) is 0 Å². The second-order valence-corrected chi connectivity index (χ2v) is 6.91. The molecule has 1 amide bonds. The molecule has 0 bridgehead atoms. The van der Waals surface area contributed by atoms with E-state index in [1.54, 1.807) is 12.4 Å². The van der Waals surface area contributed by atoms with Crippen LogP contribution in [0.3, 0.4) is 0 Å². The number of H-pyrrole nitrogens is 1. The molecule has 2 aromatic heterocycles. The Balaban J connectivity index is 1.43. The Hall–Kier alpha value is -2.67. The minimum absolute atomic E-state index is 0.224. The van der Waals surface area contributed by atoms with Crippen LogP contribution in [0, 0.1) is 0 Å². The second-order valence-electron chi connectivity index (χ2n) is 5.54.